The normalized spacial score (nSPS) is 15.9. The SMILES string of the molecule is CC(=O)c1ccc(-c2ccc(CN3CCCN(C)CC3)cc2C#N)c(F)c1. The van der Waals surface area contributed by atoms with Crippen molar-refractivity contribution in [2.24, 2.45) is 0 Å². The largest absolute Gasteiger partial charge is 0.305 e. The van der Waals surface area contributed by atoms with Crippen LogP contribution in [0.2, 0.25) is 0 Å². The fourth-order valence-corrected chi connectivity index (χ4v) is 3.49. The van der Waals surface area contributed by atoms with Gasteiger partial charge in [-0.05, 0) is 51.2 Å². The molecule has 1 saturated heterocycles. The highest BCUT2D eigenvalue weighted by atomic mass is 19.1. The van der Waals surface area contributed by atoms with E-state index in [4.69, 9.17) is 0 Å². The van der Waals surface area contributed by atoms with Gasteiger partial charge in [-0.15, -0.1) is 0 Å². The molecule has 1 aliphatic rings. The predicted molar refractivity (Wildman–Crippen MR) is 104 cm³/mol. The van der Waals surface area contributed by atoms with E-state index in [2.05, 4.69) is 22.9 Å². The molecule has 27 heavy (non-hydrogen) atoms. The maximum absolute atomic E-state index is 14.5. The molecular formula is C22H24FN3O. The van der Waals surface area contributed by atoms with Gasteiger partial charge in [0, 0.05) is 36.3 Å². The van der Waals surface area contributed by atoms with Gasteiger partial charge >= 0.3 is 0 Å². The van der Waals surface area contributed by atoms with Gasteiger partial charge in [0.1, 0.15) is 5.82 Å². The molecule has 0 aliphatic carbocycles. The molecule has 0 saturated carbocycles. The average Bonchev–Trinajstić information content (AvgIpc) is 2.86. The maximum atomic E-state index is 14.5. The molecule has 5 heteroatoms. The van der Waals surface area contributed by atoms with E-state index in [1.807, 2.05) is 18.2 Å². The van der Waals surface area contributed by atoms with Crippen LogP contribution in [0.5, 0.6) is 0 Å². The molecule has 140 valence electrons. The van der Waals surface area contributed by atoms with Gasteiger partial charge in [-0.1, -0.05) is 24.3 Å². The van der Waals surface area contributed by atoms with Crippen molar-refractivity contribution >= 4 is 5.78 Å². The Labute approximate surface area is 159 Å². The molecule has 4 nitrogen and oxygen atoms in total. The zero-order valence-electron chi connectivity index (χ0n) is 15.8. The summed E-state index contributed by atoms with van der Waals surface area (Å²) in [6, 6.07) is 12.2. The number of likely N-dealkylation sites (N-methyl/N-ethyl adjacent to an activating group) is 1. The van der Waals surface area contributed by atoms with E-state index in [1.165, 1.54) is 13.0 Å². The molecule has 1 aliphatic heterocycles. The molecule has 0 spiro atoms. The maximum Gasteiger partial charge on any atom is 0.159 e. The van der Waals surface area contributed by atoms with Crippen molar-refractivity contribution in [1.82, 2.24) is 9.80 Å². The van der Waals surface area contributed by atoms with Gasteiger partial charge in [0.25, 0.3) is 0 Å². The lowest BCUT2D eigenvalue weighted by Crippen LogP contribution is -2.28. The van der Waals surface area contributed by atoms with Crippen molar-refractivity contribution in [1.29, 1.82) is 5.26 Å². The van der Waals surface area contributed by atoms with Crippen LogP contribution in [0.15, 0.2) is 36.4 Å². The van der Waals surface area contributed by atoms with Crippen LogP contribution in [-0.4, -0.2) is 48.8 Å². The molecule has 0 atom stereocenters. The summed E-state index contributed by atoms with van der Waals surface area (Å²) in [5.74, 6) is -0.665. The quantitative estimate of drug-likeness (QED) is 0.775. The number of nitrogens with zero attached hydrogens (tertiary/aromatic N) is 3. The molecule has 0 aromatic heterocycles. The monoisotopic (exact) mass is 365 g/mol. The van der Waals surface area contributed by atoms with E-state index >= 15 is 0 Å². The van der Waals surface area contributed by atoms with Crippen LogP contribution >= 0.6 is 0 Å². The summed E-state index contributed by atoms with van der Waals surface area (Å²) in [5.41, 5.74) is 2.75. The molecule has 3 rings (SSSR count). The van der Waals surface area contributed by atoms with Crippen molar-refractivity contribution in [3.8, 4) is 17.2 Å². The second-order valence-corrected chi connectivity index (χ2v) is 7.18. The fourth-order valence-electron chi connectivity index (χ4n) is 3.49. The summed E-state index contributed by atoms with van der Waals surface area (Å²) in [6.07, 6.45) is 1.13. The van der Waals surface area contributed by atoms with Crippen LogP contribution < -0.4 is 0 Å². The van der Waals surface area contributed by atoms with Gasteiger partial charge in [0.05, 0.1) is 11.6 Å². The number of rotatable bonds is 4. The van der Waals surface area contributed by atoms with Crippen molar-refractivity contribution in [3.63, 3.8) is 0 Å². The Kier molecular flexibility index (Phi) is 6.00. The lowest BCUT2D eigenvalue weighted by molar-refractivity contribution is 0.101. The first-order valence-corrected chi connectivity index (χ1v) is 9.22. The van der Waals surface area contributed by atoms with E-state index in [0.717, 1.165) is 44.7 Å². The minimum absolute atomic E-state index is 0.181. The first-order chi connectivity index (χ1) is 13.0. The Morgan fingerprint density at radius 1 is 1.11 bits per heavy atom. The van der Waals surface area contributed by atoms with Gasteiger partial charge < -0.3 is 4.90 Å². The van der Waals surface area contributed by atoms with Crippen molar-refractivity contribution < 1.29 is 9.18 Å². The number of ketones is 1. The lowest BCUT2D eigenvalue weighted by atomic mass is 9.96. The second kappa shape index (κ2) is 8.43. The summed E-state index contributed by atoms with van der Waals surface area (Å²) in [7, 11) is 2.14. The Bertz CT molecular complexity index is 888. The predicted octanol–water partition coefficient (Wildman–Crippen LogP) is 3.70. The molecule has 0 unspecified atom stereocenters. The Balaban J connectivity index is 1.85. The summed E-state index contributed by atoms with van der Waals surface area (Å²) >= 11 is 0. The summed E-state index contributed by atoms with van der Waals surface area (Å²) in [5, 5.41) is 9.58. The van der Waals surface area contributed by atoms with Crippen LogP contribution in [0.1, 0.15) is 34.8 Å². The van der Waals surface area contributed by atoms with Crippen molar-refractivity contribution in [2.45, 2.75) is 19.9 Å². The van der Waals surface area contributed by atoms with Gasteiger partial charge in [-0.3, -0.25) is 9.69 Å². The number of carbonyl (C=O) groups excluding carboxylic acids is 1. The summed E-state index contributed by atoms with van der Waals surface area (Å²) in [6.45, 7) is 6.38. The third kappa shape index (κ3) is 4.60. The minimum atomic E-state index is -0.484. The Morgan fingerprint density at radius 2 is 1.89 bits per heavy atom. The number of carbonyl (C=O) groups is 1. The fraction of sp³-hybridized carbons (Fsp3) is 0.364. The molecule has 2 aromatic carbocycles. The van der Waals surface area contributed by atoms with Crippen LogP contribution in [0.25, 0.3) is 11.1 Å². The average molecular weight is 365 g/mol. The minimum Gasteiger partial charge on any atom is -0.305 e. The van der Waals surface area contributed by atoms with Crippen LogP contribution in [0, 0.1) is 17.1 Å². The molecule has 1 heterocycles. The van der Waals surface area contributed by atoms with Crippen LogP contribution in [0.4, 0.5) is 4.39 Å². The Hall–Kier alpha value is -2.55. The number of hydrogen-bond donors (Lipinski definition) is 0. The third-order valence-corrected chi connectivity index (χ3v) is 5.09. The van der Waals surface area contributed by atoms with E-state index in [1.54, 1.807) is 12.1 Å². The van der Waals surface area contributed by atoms with Gasteiger partial charge in [-0.25, -0.2) is 4.39 Å². The van der Waals surface area contributed by atoms with E-state index in [9.17, 15) is 14.4 Å². The highest BCUT2D eigenvalue weighted by molar-refractivity contribution is 5.94. The molecule has 0 bridgehead atoms. The second-order valence-electron chi connectivity index (χ2n) is 7.18. The topological polar surface area (TPSA) is 47.3 Å². The smallest absolute Gasteiger partial charge is 0.159 e. The first kappa shape index (κ1) is 19.2. The zero-order valence-corrected chi connectivity index (χ0v) is 15.8. The van der Waals surface area contributed by atoms with Crippen molar-refractivity contribution in [3.05, 3.63) is 58.9 Å². The van der Waals surface area contributed by atoms with Crippen LogP contribution in [0.3, 0.4) is 0 Å². The number of hydrogen-bond acceptors (Lipinski definition) is 4. The number of Topliss-reactive ketones (excluding diaryl/α,β-unsaturated/α-hetero) is 1. The first-order valence-electron chi connectivity index (χ1n) is 9.22. The van der Waals surface area contributed by atoms with Crippen LogP contribution in [-0.2, 0) is 6.54 Å². The zero-order chi connectivity index (χ0) is 19.4. The lowest BCUT2D eigenvalue weighted by Gasteiger charge is -2.20. The Morgan fingerprint density at radius 3 is 2.59 bits per heavy atom. The summed E-state index contributed by atoms with van der Waals surface area (Å²) < 4.78 is 14.5. The highest BCUT2D eigenvalue weighted by Crippen LogP contribution is 2.28. The molecule has 2 aromatic rings. The van der Waals surface area contributed by atoms with Gasteiger partial charge in [-0.2, -0.15) is 5.26 Å². The molecule has 0 amide bonds. The van der Waals surface area contributed by atoms with E-state index in [-0.39, 0.29) is 5.78 Å². The number of halogens is 1. The summed E-state index contributed by atoms with van der Waals surface area (Å²) in [4.78, 5) is 16.1. The van der Waals surface area contributed by atoms with Gasteiger partial charge in [0.15, 0.2) is 5.78 Å². The molecule has 1 fully saturated rings. The number of benzene rings is 2. The molecular weight excluding hydrogens is 341 g/mol. The third-order valence-electron chi connectivity index (χ3n) is 5.09. The van der Waals surface area contributed by atoms with Gasteiger partial charge in [0.2, 0.25) is 0 Å². The molecule has 0 radical (unpaired) electrons. The van der Waals surface area contributed by atoms with E-state index in [0.29, 0.717) is 22.3 Å². The van der Waals surface area contributed by atoms with E-state index < -0.39 is 5.82 Å². The highest BCUT2D eigenvalue weighted by Gasteiger charge is 2.15. The van der Waals surface area contributed by atoms with Crippen molar-refractivity contribution in [2.75, 3.05) is 33.2 Å². The number of nitriles is 1. The molecule has 0 N–H and O–H groups in total. The standard InChI is InChI=1S/C22H24FN3O/c1-16(27)18-5-7-21(22(23)13-18)20-6-4-17(12-19(20)14-24)15-26-9-3-8-25(2)10-11-26/h4-7,12-13H,3,8-11,15H2,1-2H3.